The molecule has 1 aromatic heterocycles. The van der Waals surface area contributed by atoms with Gasteiger partial charge in [-0.3, -0.25) is 9.36 Å². The number of aromatic nitrogens is 1. The molecule has 5 heteroatoms. The number of carbonyl (C=O) groups is 1. The summed E-state index contributed by atoms with van der Waals surface area (Å²) in [6, 6.07) is 8.72. The molecular formula is C25H26F3NO. The van der Waals surface area contributed by atoms with Crippen molar-refractivity contribution >= 4 is 16.8 Å². The van der Waals surface area contributed by atoms with Gasteiger partial charge in [-0.1, -0.05) is 19.3 Å². The minimum absolute atomic E-state index is 0.259. The van der Waals surface area contributed by atoms with Crippen LogP contribution in [0.15, 0.2) is 36.4 Å². The molecule has 3 aromatic rings. The molecule has 1 saturated carbocycles. The Balaban J connectivity index is 1.89. The number of rotatable bonds is 2. The largest absolute Gasteiger partial charge is 0.416 e. The average molecular weight is 413 g/mol. The first-order valence-electron chi connectivity index (χ1n) is 10.5. The highest BCUT2D eigenvalue weighted by atomic mass is 19.4. The van der Waals surface area contributed by atoms with Crippen LogP contribution in [0.4, 0.5) is 13.2 Å². The molecule has 158 valence electrons. The van der Waals surface area contributed by atoms with Gasteiger partial charge in [-0.15, -0.1) is 0 Å². The standard InChI is InChI=1S/C25H26F3NO/c1-15-13-21-17(3)23(18-7-5-4-6-8-18)29(22(21)14-16(15)2)24(30)19-9-11-20(12-10-19)25(26,27)28/h9-14,18H,4-8H2,1-3H3. The lowest BCUT2D eigenvalue weighted by Crippen LogP contribution is -2.19. The quantitative estimate of drug-likeness (QED) is 0.431. The summed E-state index contributed by atoms with van der Waals surface area (Å²) >= 11 is 0. The lowest BCUT2D eigenvalue weighted by atomic mass is 9.85. The molecule has 0 spiro atoms. The first-order valence-corrected chi connectivity index (χ1v) is 10.5. The Morgan fingerprint density at radius 3 is 2.13 bits per heavy atom. The number of alkyl halides is 3. The van der Waals surface area contributed by atoms with Crippen molar-refractivity contribution in [2.45, 2.75) is 65.0 Å². The van der Waals surface area contributed by atoms with Crippen molar-refractivity contribution in [2.24, 2.45) is 0 Å². The molecule has 1 fully saturated rings. The zero-order valence-electron chi connectivity index (χ0n) is 17.6. The first kappa shape index (κ1) is 20.7. The molecule has 0 amide bonds. The van der Waals surface area contributed by atoms with Gasteiger partial charge >= 0.3 is 6.18 Å². The van der Waals surface area contributed by atoms with Gasteiger partial charge in [0, 0.05) is 16.6 Å². The molecule has 0 N–H and O–H groups in total. The molecule has 4 rings (SSSR count). The summed E-state index contributed by atoms with van der Waals surface area (Å²) in [5.74, 6) is 0.0378. The van der Waals surface area contributed by atoms with Crippen LogP contribution in [-0.2, 0) is 6.18 Å². The second-order valence-electron chi connectivity index (χ2n) is 8.51. The van der Waals surface area contributed by atoms with Gasteiger partial charge in [0.25, 0.3) is 5.91 Å². The number of hydrogen-bond donors (Lipinski definition) is 0. The summed E-state index contributed by atoms with van der Waals surface area (Å²) in [6.07, 6.45) is 1.14. The molecule has 0 aliphatic heterocycles. The van der Waals surface area contributed by atoms with Crippen LogP contribution >= 0.6 is 0 Å². The number of halogens is 3. The van der Waals surface area contributed by atoms with Crippen molar-refractivity contribution < 1.29 is 18.0 Å². The highest BCUT2D eigenvalue weighted by Gasteiger charge is 2.31. The molecule has 0 bridgehead atoms. The molecule has 0 atom stereocenters. The van der Waals surface area contributed by atoms with E-state index < -0.39 is 11.7 Å². The van der Waals surface area contributed by atoms with Crippen molar-refractivity contribution in [1.29, 1.82) is 0 Å². The average Bonchev–Trinajstić information content (AvgIpc) is 2.99. The number of nitrogens with zero attached hydrogens (tertiary/aromatic N) is 1. The number of hydrogen-bond acceptors (Lipinski definition) is 1. The Bertz CT molecular complexity index is 1100. The van der Waals surface area contributed by atoms with Gasteiger partial charge in [0.1, 0.15) is 0 Å². The van der Waals surface area contributed by atoms with Crippen molar-refractivity contribution in [2.75, 3.05) is 0 Å². The lowest BCUT2D eigenvalue weighted by molar-refractivity contribution is -0.137. The zero-order chi connectivity index (χ0) is 21.6. The molecule has 30 heavy (non-hydrogen) atoms. The fourth-order valence-electron chi connectivity index (χ4n) is 4.74. The van der Waals surface area contributed by atoms with Crippen LogP contribution in [-0.4, -0.2) is 10.5 Å². The third-order valence-corrected chi connectivity index (χ3v) is 6.54. The highest BCUT2D eigenvalue weighted by molar-refractivity contribution is 6.04. The Hall–Kier alpha value is -2.56. The summed E-state index contributed by atoms with van der Waals surface area (Å²) in [5.41, 5.74) is 4.78. The maximum absolute atomic E-state index is 13.6. The van der Waals surface area contributed by atoms with Crippen molar-refractivity contribution in [1.82, 2.24) is 4.57 Å². The van der Waals surface area contributed by atoms with Crippen LogP contribution in [0.5, 0.6) is 0 Å². The van der Waals surface area contributed by atoms with Gasteiger partial charge in [-0.05, 0) is 92.6 Å². The summed E-state index contributed by atoms with van der Waals surface area (Å²) in [6.45, 7) is 6.14. The maximum atomic E-state index is 13.6. The fourth-order valence-corrected chi connectivity index (χ4v) is 4.74. The van der Waals surface area contributed by atoms with Gasteiger partial charge in [0.15, 0.2) is 0 Å². The second kappa shape index (κ2) is 7.60. The summed E-state index contributed by atoms with van der Waals surface area (Å²) in [5, 5.41) is 1.05. The molecule has 1 heterocycles. The van der Waals surface area contributed by atoms with Gasteiger partial charge in [0.05, 0.1) is 11.1 Å². The van der Waals surface area contributed by atoms with Crippen LogP contribution in [0.25, 0.3) is 10.9 Å². The summed E-state index contributed by atoms with van der Waals surface area (Å²) in [7, 11) is 0. The van der Waals surface area contributed by atoms with E-state index in [9.17, 15) is 18.0 Å². The lowest BCUT2D eigenvalue weighted by Gasteiger charge is -2.24. The van der Waals surface area contributed by atoms with Crippen molar-refractivity contribution in [3.63, 3.8) is 0 Å². The molecule has 2 nitrogen and oxygen atoms in total. The van der Waals surface area contributed by atoms with Crippen LogP contribution in [0.3, 0.4) is 0 Å². The SMILES string of the molecule is Cc1cc2c(C)c(C3CCCCC3)n(C(=O)c3ccc(C(F)(F)F)cc3)c2cc1C. The number of carbonyl (C=O) groups excluding carboxylic acids is 1. The topological polar surface area (TPSA) is 22.0 Å². The summed E-state index contributed by atoms with van der Waals surface area (Å²) in [4.78, 5) is 13.6. The first-order chi connectivity index (χ1) is 14.2. The van der Waals surface area contributed by atoms with Crippen LogP contribution in [0, 0.1) is 20.8 Å². The molecule has 1 aliphatic carbocycles. The van der Waals surface area contributed by atoms with E-state index in [-0.39, 0.29) is 11.5 Å². The van der Waals surface area contributed by atoms with Crippen LogP contribution < -0.4 is 0 Å². The van der Waals surface area contributed by atoms with Crippen molar-refractivity contribution in [3.05, 3.63) is 69.9 Å². The summed E-state index contributed by atoms with van der Waals surface area (Å²) < 4.78 is 40.6. The Labute approximate surface area is 174 Å². The predicted molar refractivity (Wildman–Crippen MR) is 113 cm³/mol. The van der Waals surface area contributed by atoms with Gasteiger partial charge in [-0.25, -0.2) is 0 Å². The second-order valence-corrected chi connectivity index (χ2v) is 8.51. The van der Waals surface area contributed by atoms with E-state index in [1.54, 1.807) is 4.57 Å². The molecule has 0 saturated heterocycles. The minimum Gasteiger partial charge on any atom is -0.280 e. The molecule has 2 aromatic carbocycles. The smallest absolute Gasteiger partial charge is 0.280 e. The molecule has 0 unspecified atom stereocenters. The number of fused-ring (bicyclic) bond motifs is 1. The van der Waals surface area contributed by atoms with Gasteiger partial charge in [0.2, 0.25) is 0 Å². The predicted octanol–water partition coefficient (Wildman–Crippen LogP) is 7.32. The molecule has 0 radical (unpaired) electrons. The Morgan fingerprint density at radius 2 is 1.53 bits per heavy atom. The van der Waals surface area contributed by atoms with E-state index in [2.05, 4.69) is 19.9 Å². The van der Waals surface area contributed by atoms with E-state index in [0.717, 1.165) is 65.5 Å². The minimum atomic E-state index is -4.42. The Kier molecular flexibility index (Phi) is 5.25. The number of benzene rings is 2. The molecule has 1 aliphatic rings. The fraction of sp³-hybridized carbons (Fsp3) is 0.400. The number of aryl methyl sites for hydroxylation is 3. The normalized spacial score (nSPS) is 15.7. The van der Waals surface area contributed by atoms with Crippen LogP contribution in [0.2, 0.25) is 0 Å². The van der Waals surface area contributed by atoms with E-state index >= 15 is 0 Å². The monoisotopic (exact) mass is 413 g/mol. The zero-order valence-corrected chi connectivity index (χ0v) is 17.6. The maximum Gasteiger partial charge on any atom is 0.416 e. The highest BCUT2D eigenvalue weighted by Crippen LogP contribution is 2.40. The van der Waals surface area contributed by atoms with Crippen molar-refractivity contribution in [3.8, 4) is 0 Å². The third-order valence-electron chi connectivity index (χ3n) is 6.54. The van der Waals surface area contributed by atoms with Gasteiger partial charge < -0.3 is 0 Å². The van der Waals surface area contributed by atoms with Crippen LogP contribution in [0.1, 0.15) is 76.3 Å². The van der Waals surface area contributed by atoms with E-state index in [0.29, 0.717) is 5.92 Å². The van der Waals surface area contributed by atoms with E-state index in [1.807, 2.05) is 13.0 Å². The van der Waals surface area contributed by atoms with E-state index in [1.165, 1.54) is 24.1 Å². The molecular weight excluding hydrogens is 387 g/mol. The Morgan fingerprint density at radius 1 is 0.933 bits per heavy atom. The van der Waals surface area contributed by atoms with Gasteiger partial charge in [-0.2, -0.15) is 13.2 Å². The third kappa shape index (κ3) is 3.55. The van der Waals surface area contributed by atoms with E-state index in [4.69, 9.17) is 0 Å².